The first kappa shape index (κ1) is 15.6. The topological polar surface area (TPSA) is 87.2 Å². The third-order valence-corrected chi connectivity index (χ3v) is 4.41. The Labute approximate surface area is 134 Å². The molecule has 1 aliphatic carbocycles. The number of carbonyl (C=O) groups is 1. The van der Waals surface area contributed by atoms with Gasteiger partial charge in [-0.05, 0) is 37.1 Å². The molecule has 6 heteroatoms. The van der Waals surface area contributed by atoms with Gasteiger partial charge in [-0.3, -0.25) is 9.89 Å². The highest BCUT2D eigenvalue weighted by atomic mass is 16.5. The van der Waals surface area contributed by atoms with Crippen molar-refractivity contribution < 1.29 is 14.6 Å². The van der Waals surface area contributed by atoms with Gasteiger partial charge >= 0.3 is 0 Å². The maximum absolute atomic E-state index is 12.4. The second-order valence-electron chi connectivity index (χ2n) is 5.86. The van der Waals surface area contributed by atoms with E-state index in [0.29, 0.717) is 17.8 Å². The van der Waals surface area contributed by atoms with Gasteiger partial charge in [0, 0.05) is 18.0 Å². The van der Waals surface area contributed by atoms with Crippen molar-refractivity contribution in [1.29, 1.82) is 0 Å². The predicted octanol–water partition coefficient (Wildman–Crippen LogP) is 1.98. The van der Waals surface area contributed by atoms with E-state index in [9.17, 15) is 9.90 Å². The fourth-order valence-corrected chi connectivity index (χ4v) is 3.01. The van der Waals surface area contributed by atoms with Crippen LogP contribution in [-0.4, -0.2) is 41.0 Å². The minimum atomic E-state index is -0.305. The van der Waals surface area contributed by atoms with E-state index >= 15 is 0 Å². The Bertz CT molecular complexity index is 666. The fourth-order valence-electron chi connectivity index (χ4n) is 3.01. The van der Waals surface area contributed by atoms with Crippen LogP contribution in [0.15, 0.2) is 30.5 Å². The third-order valence-electron chi connectivity index (χ3n) is 4.41. The van der Waals surface area contributed by atoms with Crippen LogP contribution in [0.25, 0.3) is 11.3 Å². The molecule has 122 valence electrons. The zero-order chi connectivity index (χ0) is 16.2. The number of aromatic nitrogens is 2. The molecule has 1 amide bonds. The van der Waals surface area contributed by atoms with Crippen molar-refractivity contribution in [2.24, 2.45) is 5.92 Å². The highest BCUT2D eigenvalue weighted by Crippen LogP contribution is 2.26. The summed E-state index contributed by atoms with van der Waals surface area (Å²) >= 11 is 0. The lowest BCUT2D eigenvalue weighted by molar-refractivity contribution is 0.0917. The van der Waals surface area contributed by atoms with Crippen LogP contribution in [0.5, 0.6) is 5.75 Å². The van der Waals surface area contributed by atoms with Gasteiger partial charge in [-0.1, -0.05) is 6.42 Å². The normalized spacial score (nSPS) is 20.4. The van der Waals surface area contributed by atoms with Gasteiger partial charge in [-0.25, -0.2) is 0 Å². The number of ether oxygens (including phenoxy) is 1. The van der Waals surface area contributed by atoms with Crippen molar-refractivity contribution in [2.75, 3.05) is 13.7 Å². The Kier molecular flexibility index (Phi) is 4.62. The molecule has 1 aliphatic rings. The number of hydrogen-bond donors (Lipinski definition) is 3. The van der Waals surface area contributed by atoms with E-state index in [1.165, 1.54) is 6.20 Å². The van der Waals surface area contributed by atoms with Crippen molar-refractivity contribution >= 4 is 5.91 Å². The van der Waals surface area contributed by atoms with Gasteiger partial charge in [-0.2, -0.15) is 5.10 Å². The lowest BCUT2D eigenvalue weighted by atomic mass is 10.1. The summed E-state index contributed by atoms with van der Waals surface area (Å²) in [5, 5.41) is 19.6. The number of aliphatic hydroxyl groups is 1. The molecule has 2 unspecified atom stereocenters. The molecule has 0 spiro atoms. The molecule has 0 saturated heterocycles. The first-order chi connectivity index (χ1) is 11.2. The van der Waals surface area contributed by atoms with Gasteiger partial charge in [0.1, 0.15) is 5.75 Å². The number of carbonyl (C=O) groups excluding carboxylic acids is 1. The van der Waals surface area contributed by atoms with Crippen LogP contribution in [0.4, 0.5) is 0 Å². The molecule has 0 bridgehead atoms. The van der Waals surface area contributed by atoms with Gasteiger partial charge < -0.3 is 15.2 Å². The van der Waals surface area contributed by atoms with Crippen LogP contribution in [-0.2, 0) is 0 Å². The molecule has 2 atom stereocenters. The molecule has 1 aromatic carbocycles. The number of aliphatic hydroxyl groups excluding tert-OH is 1. The van der Waals surface area contributed by atoms with Crippen molar-refractivity contribution in [3.63, 3.8) is 0 Å². The Morgan fingerprint density at radius 3 is 2.83 bits per heavy atom. The number of rotatable bonds is 5. The van der Waals surface area contributed by atoms with Crippen molar-refractivity contribution in [1.82, 2.24) is 15.5 Å². The van der Waals surface area contributed by atoms with E-state index in [2.05, 4.69) is 15.5 Å². The standard InChI is InChI=1S/C17H21N3O3/c1-23-13-7-5-11(6-8-13)16-14(10-19-20-16)17(22)18-9-12-3-2-4-15(12)21/h5-8,10,12,15,21H,2-4,9H2,1H3,(H,18,22)(H,19,20). The van der Waals surface area contributed by atoms with Crippen LogP contribution < -0.4 is 10.1 Å². The van der Waals surface area contributed by atoms with Gasteiger partial charge in [0.25, 0.3) is 5.91 Å². The van der Waals surface area contributed by atoms with Crippen LogP contribution >= 0.6 is 0 Å². The zero-order valence-electron chi connectivity index (χ0n) is 13.1. The SMILES string of the molecule is COc1ccc(-c2[nH]ncc2C(=O)NCC2CCCC2O)cc1. The van der Waals surface area contributed by atoms with E-state index in [4.69, 9.17) is 4.74 Å². The van der Waals surface area contributed by atoms with Crippen molar-refractivity contribution in [3.8, 4) is 17.0 Å². The predicted molar refractivity (Wildman–Crippen MR) is 86.3 cm³/mol. The summed E-state index contributed by atoms with van der Waals surface area (Å²) in [6, 6.07) is 7.44. The average Bonchev–Trinajstić information content (AvgIpc) is 3.22. The maximum atomic E-state index is 12.4. The molecular formula is C17H21N3O3. The molecular weight excluding hydrogens is 294 g/mol. The van der Waals surface area contributed by atoms with Crippen LogP contribution in [0.2, 0.25) is 0 Å². The number of amides is 1. The summed E-state index contributed by atoms with van der Waals surface area (Å²) in [6.45, 7) is 0.493. The second kappa shape index (κ2) is 6.83. The monoisotopic (exact) mass is 315 g/mol. The molecule has 23 heavy (non-hydrogen) atoms. The molecule has 1 aromatic heterocycles. The number of methoxy groups -OCH3 is 1. The Morgan fingerprint density at radius 1 is 1.39 bits per heavy atom. The van der Waals surface area contributed by atoms with Crippen molar-refractivity contribution in [2.45, 2.75) is 25.4 Å². The zero-order valence-corrected chi connectivity index (χ0v) is 13.1. The maximum Gasteiger partial charge on any atom is 0.255 e. The number of benzene rings is 1. The third kappa shape index (κ3) is 3.37. The van der Waals surface area contributed by atoms with E-state index in [-0.39, 0.29) is 17.9 Å². The lowest BCUT2D eigenvalue weighted by Gasteiger charge is -2.15. The minimum absolute atomic E-state index is 0.148. The first-order valence-corrected chi connectivity index (χ1v) is 7.83. The van der Waals surface area contributed by atoms with Crippen LogP contribution in [0.1, 0.15) is 29.6 Å². The summed E-state index contributed by atoms with van der Waals surface area (Å²) in [5.74, 6) is 0.730. The summed E-state index contributed by atoms with van der Waals surface area (Å²) < 4.78 is 5.14. The van der Waals surface area contributed by atoms with Gasteiger partial charge in [0.2, 0.25) is 0 Å². The first-order valence-electron chi connectivity index (χ1n) is 7.83. The van der Waals surface area contributed by atoms with E-state index < -0.39 is 0 Å². The molecule has 2 aromatic rings. The molecule has 6 nitrogen and oxygen atoms in total. The number of hydrogen-bond acceptors (Lipinski definition) is 4. The Balaban J connectivity index is 1.70. The van der Waals surface area contributed by atoms with E-state index in [1.54, 1.807) is 7.11 Å². The summed E-state index contributed by atoms with van der Waals surface area (Å²) in [6.07, 6.45) is 4.02. The van der Waals surface area contributed by atoms with Crippen molar-refractivity contribution in [3.05, 3.63) is 36.0 Å². The Hall–Kier alpha value is -2.34. The minimum Gasteiger partial charge on any atom is -0.497 e. The van der Waals surface area contributed by atoms with Gasteiger partial charge in [0.15, 0.2) is 0 Å². The van der Waals surface area contributed by atoms with E-state index in [0.717, 1.165) is 30.6 Å². The quantitative estimate of drug-likeness (QED) is 0.787. The second-order valence-corrected chi connectivity index (χ2v) is 5.86. The highest BCUT2D eigenvalue weighted by Gasteiger charge is 2.26. The highest BCUT2D eigenvalue weighted by molar-refractivity contribution is 5.99. The smallest absolute Gasteiger partial charge is 0.255 e. The fraction of sp³-hybridized carbons (Fsp3) is 0.412. The van der Waals surface area contributed by atoms with E-state index in [1.807, 2.05) is 24.3 Å². The number of H-pyrrole nitrogens is 1. The summed E-state index contributed by atoms with van der Waals surface area (Å²) in [4.78, 5) is 12.4. The lowest BCUT2D eigenvalue weighted by Crippen LogP contribution is -2.32. The largest absolute Gasteiger partial charge is 0.497 e. The molecule has 1 saturated carbocycles. The van der Waals surface area contributed by atoms with Crippen LogP contribution in [0, 0.1) is 5.92 Å². The van der Waals surface area contributed by atoms with Gasteiger partial charge in [0.05, 0.1) is 30.7 Å². The van der Waals surface area contributed by atoms with Crippen LogP contribution in [0.3, 0.4) is 0 Å². The molecule has 3 rings (SSSR count). The molecule has 3 N–H and O–H groups in total. The molecule has 1 heterocycles. The number of aromatic amines is 1. The average molecular weight is 315 g/mol. The molecule has 0 radical (unpaired) electrons. The number of nitrogens with one attached hydrogen (secondary N) is 2. The number of nitrogens with zero attached hydrogens (tertiary/aromatic N) is 1. The Morgan fingerprint density at radius 2 is 2.17 bits per heavy atom. The summed E-state index contributed by atoms with van der Waals surface area (Å²) in [7, 11) is 1.61. The molecule has 0 aliphatic heterocycles. The summed E-state index contributed by atoms with van der Waals surface area (Å²) in [5.41, 5.74) is 2.05. The molecule has 1 fully saturated rings. The van der Waals surface area contributed by atoms with Gasteiger partial charge in [-0.15, -0.1) is 0 Å².